The number of aromatic nitrogens is 1. The third-order valence-corrected chi connectivity index (χ3v) is 8.59. The molecule has 0 saturated carbocycles. The fourth-order valence-electron chi connectivity index (χ4n) is 6.24. The van der Waals surface area contributed by atoms with Crippen LogP contribution in [0.1, 0.15) is 23.1 Å². The van der Waals surface area contributed by atoms with E-state index in [0.717, 1.165) is 33.3 Å². The molecule has 49 heavy (non-hydrogen) atoms. The summed E-state index contributed by atoms with van der Waals surface area (Å²) in [5.74, 6) is 0.0900. The average Bonchev–Trinajstić information content (AvgIpc) is 3.11. The molecule has 0 radical (unpaired) electrons. The first-order valence-corrected chi connectivity index (χ1v) is 16.1. The van der Waals surface area contributed by atoms with Crippen molar-refractivity contribution in [2.24, 2.45) is 0 Å². The molecule has 0 bridgehead atoms. The molecule has 0 unspecified atom stereocenters. The number of pyridine rings is 1. The van der Waals surface area contributed by atoms with Crippen molar-refractivity contribution >= 4 is 22.7 Å². The Morgan fingerprint density at radius 2 is 1.88 bits per heavy atom. The Labute approximate surface area is 284 Å². The summed E-state index contributed by atoms with van der Waals surface area (Å²) in [5.41, 5.74) is 6.39. The number of halogens is 1. The number of anilines is 1. The molecule has 10 heteroatoms. The zero-order valence-corrected chi connectivity index (χ0v) is 27.4. The highest BCUT2D eigenvalue weighted by Crippen LogP contribution is 2.41. The Kier molecular flexibility index (Phi) is 10.3. The van der Waals surface area contributed by atoms with Crippen LogP contribution in [0.2, 0.25) is 0 Å². The number of rotatable bonds is 10. The van der Waals surface area contributed by atoms with Gasteiger partial charge in [0.1, 0.15) is 30.8 Å². The molecule has 1 amide bonds. The van der Waals surface area contributed by atoms with Gasteiger partial charge in [-0.25, -0.2) is 9.18 Å². The number of aliphatic hydroxyl groups is 1. The largest absolute Gasteiger partial charge is 0.489 e. The number of aliphatic hydroxyl groups excluding tert-OH is 1. The highest BCUT2D eigenvalue weighted by atomic mass is 19.1. The minimum absolute atomic E-state index is 0.125. The first kappa shape index (κ1) is 33.4. The molecule has 2 atom stereocenters. The van der Waals surface area contributed by atoms with Gasteiger partial charge in [0.25, 0.3) is 0 Å². The number of ether oxygens (including phenoxy) is 3. The fourth-order valence-corrected chi connectivity index (χ4v) is 6.24. The SMILES string of the molecule is COCCOc1c(C#N)cccc1-c1ccc2ncc(-c3cc(C)cc(F)c3)c(N3CC[C@@H](NC(=O)OCc4ccccc4)[C@@H](O)C3)c2c1. The van der Waals surface area contributed by atoms with Gasteiger partial charge in [0.05, 0.1) is 35.5 Å². The number of nitrogens with one attached hydrogen (secondary N) is 1. The van der Waals surface area contributed by atoms with Gasteiger partial charge < -0.3 is 29.5 Å². The van der Waals surface area contributed by atoms with Gasteiger partial charge in [-0.15, -0.1) is 0 Å². The monoisotopic (exact) mass is 660 g/mol. The molecule has 250 valence electrons. The molecule has 2 N–H and O–H groups in total. The first-order valence-electron chi connectivity index (χ1n) is 16.1. The summed E-state index contributed by atoms with van der Waals surface area (Å²) in [5, 5.41) is 24.8. The molecule has 1 aromatic heterocycles. The molecular formula is C39H37FN4O5. The second-order valence-corrected chi connectivity index (χ2v) is 12.0. The van der Waals surface area contributed by atoms with Crippen molar-refractivity contribution in [3.8, 4) is 34.1 Å². The summed E-state index contributed by atoms with van der Waals surface area (Å²) in [6.07, 6.45) is 0.659. The van der Waals surface area contributed by atoms with Crippen LogP contribution in [-0.2, 0) is 16.1 Å². The van der Waals surface area contributed by atoms with E-state index in [1.807, 2.05) is 73.7 Å². The predicted molar refractivity (Wildman–Crippen MR) is 186 cm³/mol. The lowest BCUT2D eigenvalue weighted by atomic mass is 9.94. The number of carbonyl (C=O) groups is 1. The number of hydrogen-bond donors (Lipinski definition) is 2. The minimum Gasteiger partial charge on any atom is -0.489 e. The van der Waals surface area contributed by atoms with E-state index >= 15 is 0 Å². The van der Waals surface area contributed by atoms with E-state index in [9.17, 15) is 19.6 Å². The van der Waals surface area contributed by atoms with Crippen LogP contribution in [0, 0.1) is 24.1 Å². The van der Waals surface area contributed by atoms with Crippen molar-refractivity contribution in [3.05, 3.63) is 114 Å². The second kappa shape index (κ2) is 15.2. The van der Waals surface area contributed by atoms with E-state index in [0.29, 0.717) is 47.5 Å². The second-order valence-electron chi connectivity index (χ2n) is 12.0. The van der Waals surface area contributed by atoms with Crippen LogP contribution in [0.5, 0.6) is 5.75 Å². The van der Waals surface area contributed by atoms with Crippen molar-refractivity contribution < 1.29 is 28.5 Å². The van der Waals surface area contributed by atoms with Crippen LogP contribution >= 0.6 is 0 Å². The lowest BCUT2D eigenvalue weighted by Crippen LogP contribution is -2.54. The number of benzene rings is 4. The number of nitrogens with zero attached hydrogens (tertiary/aromatic N) is 3. The zero-order valence-electron chi connectivity index (χ0n) is 27.4. The summed E-state index contributed by atoms with van der Waals surface area (Å²) in [6.45, 7) is 3.28. The third kappa shape index (κ3) is 7.64. The highest BCUT2D eigenvalue weighted by Gasteiger charge is 2.32. The van der Waals surface area contributed by atoms with Gasteiger partial charge in [-0.1, -0.05) is 54.6 Å². The van der Waals surface area contributed by atoms with E-state index in [4.69, 9.17) is 19.2 Å². The molecule has 4 aromatic carbocycles. The van der Waals surface area contributed by atoms with Crippen LogP contribution in [0.4, 0.5) is 14.9 Å². The number of fused-ring (bicyclic) bond motifs is 1. The Morgan fingerprint density at radius 3 is 2.63 bits per heavy atom. The molecule has 2 heterocycles. The van der Waals surface area contributed by atoms with Crippen molar-refractivity contribution in [2.45, 2.75) is 32.1 Å². The maximum atomic E-state index is 14.8. The average molecular weight is 661 g/mol. The van der Waals surface area contributed by atoms with Crippen LogP contribution in [0.3, 0.4) is 0 Å². The summed E-state index contributed by atoms with van der Waals surface area (Å²) in [4.78, 5) is 19.5. The predicted octanol–water partition coefficient (Wildman–Crippen LogP) is 6.78. The van der Waals surface area contributed by atoms with Gasteiger partial charge in [-0.3, -0.25) is 4.98 Å². The number of piperidine rings is 1. The number of carbonyl (C=O) groups excluding carboxylic acids is 1. The van der Waals surface area contributed by atoms with Crippen LogP contribution in [-0.4, -0.2) is 61.7 Å². The topological polar surface area (TPSA) is 117 Å². The maximum Gasteiger partial charge on any atom is 0.407 e. The number of para-hydroxylation sites is 1. The summed E-state index contributed by atoms with van der Waals surface area (Å²) in [6, 6.07) is 27.2. The molecule has 1 aliphatic heterocycles. The zero-order chi connectivity index (χ0) is 34.3. The van der Waals surface area contributed by atoms with E-state index < -0.39 is 18.2 Å². The molecule has 9 nitrogen and oxygen atoms in total. The lowest BCUT2D eigenvalue weighted by molar-refractivity contribution is 0.0933. The van der Waals surface area contributed by atoms with Crippen molar-refractivity contribution in [3.63, 3.8) is 0 Å². The molecular weight excluding hydrogens is 623 g/mol. The van der Waals surface area contributed by atoms with Gasteiger partial charge in [0.15, 0.2) is 0 Å². The summed E-state index contributed by atoms with van der Waals surface area (Å²) >= 11 is 0. The smallest absolute Gasteiger partial charge is 0.407 e. The Morgan fingerprint density at radius 1 is 1.04 bits per heavy atom. The molecule has 1 aliphatic rings. The summed E-state index contributed by atoms with van der Waals surface area (Å²) < 4.78 is 31.4. The maximum absolute atomic E-state index is 14.8. The molecule has 6 rings (SSSR count). The summed E-state index contributed by atoms with van der Waals surface area (Å²) in [7, 11) is 1.59. The number of methoxy groups -OCH3 is 1. The van der Waals surface area contributed by atoms with Gasteiger partial charge in [0, 0.05) is 42.9 Å². The number of alkyl carbamates (subject to hydrolysis) is 1. The third-order valence-electron chi connectivity index (χ3n) is 8.59. The van der Waals surface area contributed by atoms with Crippen LogP contribution in [0.15, 0.2) is 91.1 Å². The number of aryl methyl sites for hydroxylation is 1. The lowest BCUT2D eigenvalue weighted by Gasteiger charge is -2.38. The normalized spacial score (nSPS) is 15.9. The van der Waals surface area contributed by atoms with Crippen LogP contribution < -0.4 is 15.0 Å². The van der Waals surface area contributed by atoms with Crippen molar-refractivity contribution in [2.75, 3.05) is 38.3 Å². The van der Waals surface area contributed by atoms with Gasteiger partial charge >= 0.3 is 6.09 Å². The standard InChI is InChI=1S/C39H37FN4O5/c1-25-17-29(19-30(40)18-25)33-22-42-34-12-11-27(31-10-6-9-28(21-41)38(31)48-16-15-47-2)20-32(34)37(33)44-14-13-35(36(45)23-44)43-39(46)49-24-26-7-4-3-5-8-26/h3-12,17-20,22,35-36,45H,13-16,23-24H2,1-2H3,(H,43,46)/t35-,36+/m1/s1. The number of β-amino-alcohol motifs (C(OH)–C–C–N with tert-alkyl or cyclic N) is 1. The quantitative estimate of drug-likeness (QED) is 0.158. The molecule has 1 fully saturated rings. The Bertz CT molecular complexity index is 1980. The highest BCUT2D eigenvalue weighted by molar-refractivity contribution is 6.02. The van der Waals surface area contributed by atoms with Crippen LogP contribution in [0.25, 0.3) is 33.2 Å². The van der Waals surface area contributed by atoms with E-state index in [1.54, 1.807) is 19.4 Å². The van der Waals surface area contributed by atoms with E-state index in [2.05, 4.69) is 16.3 Å². The molecule has 5 aromatic rings. The fraction of sp³-hybridized carbons (Fsp3) is 0.256. The minimum atomic E-state index is -0.917. The van der Waals surface area contributed by atoms with Gasteiger partial charge in [-0.2, -0.15) is 5.26 Å². The molecule has 0 spiro atoms. The Hall–Kier alpha value is -5.50. The van der Waals surface area contributed by atoms with Crippen molar-refractivity contribution in [1.29, 1.82) is 5.26 Å². The number of hydrogen-bond acceptors (Lipinski definition) is 8. The van der Waals surface area contributed by atoms with Crippen molar-refractivity contribution in [1.82, 2.24) is 10.3 Å². The number of nitriles is 1. The first-order chi connectivity index (χ1) is 23.8. The number of amides is 1. The van der Waals surface area contributed by atoms with E-state index in [-0.39, 0.29) is 25.6 Å². The van der Waals surface area contributed by atoms with Gasteiger partial charge in [0.2, 0.25) is 0 Å². The molecule has 0 aliphatic carbocycles. The Balaban J connectivity index is 1.36. The van der Waals surface area contributed by atoms with E-state index in [1.165, 1.54) is 12.1 Å². The molecule has 1 saturated heterocycles. The van der Waals surface area contributed by atoms with Gasteiger partial charge in [-0.05, 0) is 65.9 Å².